The molecule has 0 saturated heterocycles. The Bertz CT molecular complexity index is 615. The first-order valence-corrected chi connectivity index (χ1v) is 8.80. The van der Waals surface area contributed by atoms with Crippen LogP contribution in [0.5, 0.6) is 11.5 Å². The number of carbonyl (C=O) groups excluding carboxylic acids is 1. The van der Waals surface area contributed by atoms with E-state index in [2.05, 4.69) is 15.9 Å². The number of aliphatic carboxylic acids is 1. The molecule has 1 aromatic carbocycles. The molecule has 24 heavy (non-hydrogen) atoms. The molecule has 0 atom stereocenters. The number of ether oxygens (including phenoxy) is 2. The molecular formula is C17H22BrNO5. The normalized spacial score (nSPS) is 13.5. The van der Waals surface area contributed by atoms with Crippen LogP contribution in [-0.4, -0.2) is 48.2 Å². The molecule has 1 aliphatic carbocycles. The van der Waals surface area contributed by atoms with Gasteiger partial charge in [0.2, 0.25) is 0 Å². The van der Waals surface area contributed by atoms with Crippen molar-refractivity contribution in [3.8, 4) is 11.5 Å². The molecule has 1 aliphatic rings. The third kappa shape index (κ3) is 4.63. The fourth-order valence-corrected chi connectivity index (χ4v) is 2.96. The number of amides is 1. The van der Waals surface area contributed by atoms with Gasteiger partial charge < -0.3 is 19.5 Å². The summed E-state index contributed by atoms with van der Waals surface area (Å²) < 4.78 is 11.7. The molecule has 0 unspecified atom stereocenters. The lowest BCUT2D eigenvalue weighted by Gasteiger charge is -2.22. The van der Waals surface area contributed by atoms with Crippen LogP contribution in [0.1, 0.15) is 43.0 Å². The van der Waals surface area contributed by atoms with Gasteiger partial charge in [0.15, 0.2) is 11.5 Å². The number of hydrogen-bond donors (Lipinski definition) is 1. The monoisotopic (exact) mass is 399 g/mol. The molecule has 0 aliphatic heterocycles. The number of carboxylic acids is 1. The van der Waals surface area contributed by atoms with Gasteiger partial charge in [-0.25, -0.2) is 0 Å². The van der Waals surface area contributed by atoms with Gasteiger partial charge in [0.25, 0.3) is 5.91 Å². The van der Waals surface area contributed by atoms with Crippen LogP contribution >= 0.6 is 15.9 Å². The van der Waals surface area contributed by atoms with E-state index in [-0.39, 0.29) is 24.9 Å². The zero-order chi connectivity index (χ0) is 17.7. The summed E-state index contributed by atoms with van der Waals surface area (Å²) in [6.07, 6.45) is 2.64. The Morgan fingerprint density at radius 2 is 2.08 bits per heavy atom. The summed E-state index contributed by atoms with van der Waals surface area (Å²) in [4.78, 5) is 25.3. The van der Waals surface area contributed by atoms with Crippen molar-refractivity contribution >= 4 is 27.8 Å². The van der Waals surface area contributed by atoms with Crippen molar-refractivity contribution < 1.29 is 24.2 Å². The van der Waals surface area contributed by atoms with Gasteiger partial charge in [-0.3, -0.25) is 9.59 Å². The van der Waals surface area contributed by atoms with E-state index >= 15 is 0 Å². The van der Waals surface area contributed by atoms with Crippen molar-refractivity contribution in [2.75, 3.05) is 20.3 Å². The Balaban J connectivity index is 2.24. The number of rotatable bonds is 9. The summed E-state index contributed by atoms with van der Waals surface area (Å²) in [6.45, 7) is 2.77. The topological polar surface area (TPSA) is 76.1 Å². The maximum atomic E-state index is 12.8. The van der Waals surface area contributed by atoms with Gasteiger partial charge >= 0.3 is 5.97 Å². The van der Waals surface area contributed by atoms with Crippen LogP contribution in [0.3, 0.4) is 0 Å². The van der Waals surface area contributed by atoms with Crippen LogP contribution in [0, 0.1) is 0 Å². The fourth-order valence-electron chi connectivity index (χ4n) is 2.41. The van der Waals surface area contributed by atoms with E-state index in [4.69, 9.17) is 14.6 Å². The van der Waals surface area contributed by atoms with Gasteiger partial charge in [-0.15, -0.1) is 0 Å². The average Bonchev–Trinajstić information content (AvgIpc) is 3.37. The Labute approximate surface area is 149 Å². The minimum absolute atomic E-state index is 0.0573. The Morgan fingerprint density at radius 1 is 1.38 bits per heavy atom. The second-order valence-corrected chi connectivity index (χ2v) is 6.57. The standard InChI is InChI=1S/C17H22BrNO5/c1-3-8-24-16-13(18)9-11(10-14(16)23-2)17(22)19(12-4-5-12)7-6-15(20)21/h9-10,12H,3-8H2,1-2H3,(H,20,21). The van der Waals surface area contributed by atoms with Crippen LogP contribution in [0.25, 0.3) is 0 Å². The second kappa shape index (κ2) is 8.37. The lowest BCUT2D eigenvalue weighted by Crippen LogP contribution is -2.35. The predicted molar refractivity (Wildman–Crippen MR) is 92.8 cm³/mol. The van der Waals surface area contributed by atoms with E-state index in [1.165, 1.54) is 7.11 Å². The van der Waals surface area contributed by atoms with E-state index in [0.29, 0.717) is 28.1 Å². The van der Waals surface area contributed by atoms with Crippen molar-refractivity contribution in [2.45, 2.75) is 38.6 Å². The third-order valence-corrected chi connectivity index (χ3v) is 4.33. The average molecular weight is 400 g/mol. The Hall–Kier alpha value is -1.76. The van der Waals surface area contributed by atoms with E-state index in [9.17, 15) is 9.59 Å². The summed E-state index contributed by atoms with van der Waals surface area (Å²) in [5.74, 6) is -0.0371. The van der Waals surface area contributed by atoms with Crippen molar-refractivity contribution in [3.63, 3.8) is 0 Å². The Morgan fingerprint density at radius 3 is 2.62 bits per heavy atom. The van der Waals surface area contributed by atoms with E-state index < -0.39 is 5.97 Å². The molecule has 0 aromatic heterocycles. The summed E-state index contributed by atoms with van der Waals surface area (Å²) in [6, 6.07) is 3.48. The van der Waals surface area contributed by atoms with Gasteiger partial charge in [-0.05, 0) is 47.3 Å². The minimum atomic E-state index is -0.907. The summed E-state index contributed by atoms with van der Waals surface area (Å²) in [7, 11) is 1.53. The minimum Gasteiger partial charge on any atom is -0.493 e. The van der Waals surface area contributed by atoms with Gasteiger partial charge in [-0.2, -0.15) is 0 Å². The van der Waals surface area contributed by atoms with Crippen molar-refractivity contribution in [1.82, 2.24) is 4.90 Å². The van der Waals surface area contributed by atoms with Gasteiger partial charge in [-0.1, -0.05) is 6.92 Å². The molecule has 1 fully saturated rings. The number of benzene rings is 1. The number of carboxylic acid groups (broad SMARTS) is 1. The zero-order valence-corrected chi connectivity index (χ0v) is 15.5. The first-order valence-electron chi connectivity index (χ1n) is 8.01. The lowest BCUT2D eigenvalue weighted by molar-refractivity contribution is -0.137. The molecule has 7 heteroatoms. The van der Waals surface area contributed by atoms with E-state index in [0.717, 1.165) is 19.3 Å². The van der Waals surface area contributed by atoms with Crippen molar-refractivity contribution in [3.05, 3.63) is 22.2 Å². The summed E-state index contributed by atoms with van der Waals surface area (Å²) >= 11 is 3.43. The molecule has 1 aromatic rings. The maximum absolute atomic E-state index is 12.8. The lowest BCUT2D eigenvalue weighted by atomic mass is 10.1. The molecule has 1 saturated carbocycles. The van der Waals surface area contributed by atoms with Crippen LogP contribution in [0.15, 0.2) is 16.6 Å². The zero-order valence-electron chi connectivity index (χ0n) is 13.9. The SMILES string of the molecule is CCCOc1c(Br)cc(C(=O)N(CCC(=O)O)C2CC2)cc1OC. The molecule has 2 rings (SSSR count). The highest BCUT2D eigenvalue weighted by Gasteiger charge is 2.33. The number of nitrogens with zero attached hydrogens (tertiary/aromatic N) is 1. The molecule has 0 heterocycles. The highest BCUT2D eigenvalue weighted by atomic mass is 79.9. The third-order valence-electron chi connectivity index (χ3n) is 3.74. The Kier molecular flexibility index (Phi) is 6.48. The van der Waals surface area contributed by atoms with Crippen LogP contribution < -0.4 is 9.47 Å². The molecular weight excluding hydrogens is 378 g/mol. The first kappa shape index (κ1) is 18.6. The highest BCUT2D eigenvalue weighted by molar-refractivity contribution is 9.10. The second-order valence-electron chi connectivity index (χ2n) is 5.71. The largest absolute Gasteiger partial charge is 0.493 e. The number of carbonyl (C=O) groups is 2. The molecule has 132 valence electrons. The molecule has 6 nitrogen and oxygen atoms in total. The van der Waals surface area contributed by atoms with Crippen molar-refractivity contribution in [2.24, 2.45) is 0 Å². The van der Waals surface area contributed by atoms with Crippen LogP contribution in [0.4, 0.5) is 0 Å². The fraction of sp³-hybridized carbons (Fsp3) is 0.529. The highest BCUT2D eigenvalue weighted by Crippen LogP contribution is 2.38. The molecule has 0 spiro atoms. The van der Waals surface area contributed by atoms with Gasteiger partial charge in [0.05, 0.1) is 24.6 Å². The molecule has 1 N–H and O–H groups in total. The molecule has 0 bridgehead atoms. The smallest absolute Gasteiger partial charge is 0.305 e. The number of hydrogen-bond acceptors (Lipinski definition) is 4. The molecule has 1 amide bonds. The predicted octanol–water partition coefficient (Wildman–Crippen LogP) is 3.33. The van der Waals surface area contributed by atoms with Crippen LogP contribution in [0.2, 0.25) is 0 Å². The quantitative estimate of drug-likeness (QED) is 0.688. The van der Waals surface area contributed by atoms with Crippen LogP contribution in [-0.2, 0) is 4.79 Å². The van der Waals surface area contributed by atoms with E-state index in [1.807, 2.05) is 6.92 Å². The van der Waals surface area contributed by atoms with Crippen molar-refractivity contribution in [1.29, 1.82) is 0 Å². The van der Waals surface area contributed by atoms with Gasteiger partial charge in [0.1, 0.15) is 0 Å². The first-order chi connectivity index (χ1) is 11.5. The molecule has 0 radical (unpaired) electrons. The maximum Gasteiger partial charge on any atom is 0.305 e. The number of methoxy groups -OCH3 is 1. The van der Waals surface area contributed by atoms with Gasteiger partial charge in [0, 0.05) is 18.2 Å². The van der Waals surface area contributed by atoms with E-state index in [1.54, 1.807) is 17.0 Å². The summed E-state index contributed by atoms with van der Waals surface area (Å²) in [5.41, 5.74) is 0.458. The summed E-state index contributed by atoms with van der Waals surface area (Å²) in [5, 5.41) is 8.88. The number of halogens is 1.